The number of benzene rings is 1. The second-order valence-electron chi connectivity index (χ2n) is 6.14. The van der Waals surface area contributed by atoms with E-state index in [0.29, 0.717) is 0 Å². The molecule has 0 amide bonds. The van der Waals surface area contributed by atoms with E-state index in [2.05, 4.69) is 57.3 Å². The number of allylic oxidation sites excluding steroid dienone is 4. The molecule has 2 heteroatoms. The Morgan fingerprint density at radius 3 is 2.65 bits per heavy atom. The van der Waals surface area contributed by atoms with E-state index in [0.717, 1.165) is 12.2 Å². The Bertz CT molecular complexity index is 553. The molecule has 2 rings (SSSR count). The zero-order valence-corrected chi connectivity index (χ0v) is 14.4. The predicted octanol–water partition coefficient (Wildman–Crippen LogP) is 4.51. The van der Waals surface area contributed by atoms with E-state index >= 15 is 0 Å². The molecule has 0 heterocycles. The molecule has 0 fully saturated rings. The summed E-state index contributed by atoms with van der Waals surface area (Å²) in [7, 11) is 0.145. The first kappa shape index (κ1) is 15.1. The quantitative estimate of drug-likeness (QED) is 0.723. The van der Waals surface area contributed by atoms with Crippen molar-refractivity contribution in [3.63, 3.8) is 0 Å². The summed E-state index contributed by atoms with van der Waals surface area (Å²) >= 11 is 0. The number of ether oxygens (including phenoxy) is 1. The van der Waals surface area contributed by atoms with Crippen molar-refractivity contribution in [1.29, 1.82) is 0 Å². The molecule has 108 valence electrons. The predicted molar refractivity (Wildman–Crippen MR) is 90.5 cm³/mol. The van der Waals surface area contributed by atoms with E-state index in [1.165, 1.54) is 23.6 Å². The van der Waals surface area contributed by atoms with Gasteiger partial charge in [0.25, 0.3) is 0 Å². The highest BCUT2D eigenvalue weighted by Gasteiger charge is 2.33. The van der Waals surface area contributed by atoms with Crippen molar-refractivity contribution in [3.05, 3.63) is 46.7 Å². The number of rotatable bonds is 5. The second-order valence-corrected chi connectivity index (χ2v) is 10.5. The molecule has 0 bridgehead atoms. The maximum Gasteiger partial charge on any atom is 0.121 e. The Morgan fingerprint density at radius 2 is 2.00 bits per heavy atom. The molecule has 1 nitrogen and oxygen atoms in total. The summed E-state index contributed by atoms with van der Waals surface area (Å²) in [5, 5.41) is 3.12. The first-order chi connectivity index (χ1) is 9.52. The van der Waals surface area contributed by atoms with Crippen LogP contribution in [0.2, 0.25) is 13.1 Å². The lowest BCUT2D eigenvalue weighted by atomic mass is 10.2. The maximum absolute atomic E-state index is 5.71. The smallest absolute Gasteiger partial charge is 0.121 e. The Balaban J connectivity index is 2.51. The fraction of sp³-hybridized carbons (Fsp3) is 0.444. The summed E-state index contributed by atoms with van der Waals surface area (Å²) < 4.78 is 5.71. The molecule has 0 N–H and O–H groups in total. The lowest BCUT2D eigenvalue weighted by molar-refractivity contribution is 0.415. The molecule has 1 aliphatic rings. The van der Waals surface area contributed by atoms with Crippen LogP contribution >= 0.6 is 0 Å². The van der Waals surface area contributed by atoms with Gasteiger partial charge in [-0.1, -0.05) is 67.6 Å². The van der Waals surface area contributed by atoms with E-state index in [1.807, 2.05) is 0 Å². The van der Waals surface area contributed by atoms with Crippen molar-refractivity contribution in [3.8, 4) is 5.75 Å². The highest BCUT2D eigenvalue weighted by molar-refractivity contribution is 6.96. The molecule has 0 spiro atoms. The van der Waals surface area contributed by atoms with E-state index in [9.17, 15) is 0 Å². The van der Waals surface area contributed by atoms with E-state index in [-0.39, 0.29) is 0 Å². The number of methoxy groups -OCH3 is 1. The van der Waals surface area contributed by atoms with Gasteiger partial charge < -0.3 is 4.74 Å². The van der Waals surface area contributed by atoms with E-state index in [4.69, 9.17) is 4.74 Å². The van der Waals surface area contributed by atoms with Crippen LogP contribution in [0.1, 0.15) is 31.7 Å². The monoisotopic (exact) mass is 286 g/mol. The van der Waals surface area contributed by atoms with Gasteiger partial charge in [-0.2, -0.15) is 0 Å². The van der Waals surface area contributed by atoms with Gasteiger partial charge in [0, 0.05) is 0 Å². The standard InChI is InChI=1S/C18H26OSi/c1-6-9-15-11-8-12-16(15)20(4,5)17-13-7-10-14(2)18(17)19-3/h7-8,10-11,13H,6,9,12H2,1-5H3. The van der Waals surface area contributed by atoms with Gasteiger partial charge in [-0.3, -0.25) is 0 Å². The molecule has 0 unspecified atom stereocenters. The molecule has 0 aromatic heterocycles. The first-order valence-corrected chi connectivity index (χ1v) is 10.6. The number of aryl methyl sites for hydroxylation is 1. The normalized spacial score (nSPS) is 15.1. The SMILES string of the molecule is CCCC1=C([Si](C)(C)c2cccc(C)c2OC)CC=C1. The molecule has 0 aliphatic heterocycles. The van der Waals surface area contributed by atoms with Crippen LogP contribution in [0.4, 0.5) is 0 Å². The second kappa shape index (κ2) is 6.00. The van der Waals surface area contributed by atoms with Crippen LogP contribution in [0.15, 0.2) is 41.1 Å². The van der Waals surface area contributed by atoms with Gasteiger partial charge in [-0.15, -0.1) is 0 Å². The summed E-state index contributed by atoms with van der Waals surface area (Å²) in [5.41, 5.74) is 2.82. The topological polar surface area (TPSA) is 9.23 Å². The summed E-state index contributed by atoms with van der Waals surface area (Å²) in [5.74, 6) is 1.10. The van der Waals surface area contributed by atoms with Crippen LogP contribution in [-0.2, 0) is 0 Å². The Hall–Kier alpha value is -1.28. The average molecular weight is 286 g/mol. The van der Waals surface area contributed by atoms with Crippen LogP contribution in [-0.4, -0.2) is 15.2 Å². The zero-order chi connectivity index (χ0) is 14.8. The summed E-state index contributed by atoms with van der Waals surface area (Å²) in [4.78, 5) is 0. The lowest BCUT2D eigenvalue weighted by Crippen LogP contribution is -2.45. The van der Waals surface area contributed by atoms with Gasteiger partial charge in [0.15, 0.2) is 0 Å². The van der Waals surface area contributed by atoms with Crippen LogP contribution < -0.4 is 9.92 Å². The van der Waals surface area contributed by atoms with E-state index in [1.54, 1.807) is 17.9 Å². The zero-order valence-electron chi connectivity index (χ0n) is 13.4. The molecule has 0 atom stereocenters. The minimum atomic E-state index is -1.65. The summed E-state index contributed by atoms with van der Waals surface area (Å²) in [6.07, 6.45) is 8.23. The van der Waals surface area contributed by atoms with Crippen molar-refractivity contribution < 1.29 is 4.74 Å². The molecule has 0 saturated carbocycles. The molecular weight excluding hydrogens is 260 g/mol. The Morgan fingerprint density at radius 1 is 1.25 bits per heavy atom. The maximum atomic E-state index is 5.71. The summed E-state index contributed by atoms with van der Waals surface area (Å²) in [6.45, 7) is 9.32. The molecule has 20 heavy (non-hydrogen) atoms. The number of para-hydroxylation sites is 1. The third-order valence-corrected chi connectivity index (χ3v) is 8.17. The van der Waals surface area contributed by atoms with Crippen LogP contribution in [0.3, 0.4) is 0 Å². The minimum absolute atomic E-state index is 1.10. The molecular formula is C18H26OSi. The van der Waals surface area contributed by atoms with Gasteiger partial charge in [0.1, 0.15) is 13.8 Å². The average Bonchev–Trinajstić information content (AvgIpc) is 2.88. The molecule has 1 aromatic carbocycles. The van der Waals surface area contributed by atoms with Gasteiger partial charge in [-0.25, -0.2) is 0 Å². The number of hydrogen-bond donors (Lipinski definition) is 0. The summed E-state index contributed by atoms with van der Waals surface area (Å²) in [6, 6.07) is 6.58. The molecule has 0 radical (unpaired) electrons. The fourth-order valence-corrected chi connectivity index (χ4v) is 6.63. The number of hydrogen-bond acceptors (Lipinski definition) is 1. The molecule has 0 saturated heterocycles. The van der Waals surface area contributed by atoms with Crippen LogP contribution in [0.5, 0.6) is 5.75 Å². The Kier molecular flexibility index (Phi) is 4.54. The molecule has 1 aromatic rings. The van der Waals surface area contributed by atoms with E-state index < -0.39 is 8.07 Å². The largest absolute Gasteiger partial charge is 0.497 e. The highest BCUT2D eigenvalue weighted by atomic mass is 28.3. The van der Waals surface area contributed by atoms with Crippen molar-refractivity contribution >= 4 is 13.3 Å². The van der Waals surface area contributed by atoms with Gasteiger partial charge >= 0.3 is 0 Å². The van der Waals surface area contributed by atoms with Gasteiger partial charge in [0.2, 0.25) is 0 Å². The van der Waals surface area contributed by atoms with Crippen LogP contribution in [0, 0.1) is 6.92 Å². The Labute approximate surface area is 124 Å². The molecule has 1 aliphatic carbocycles. The van der Waals surface area contributed by atoms with Crippen molar-refractivity contribution in [2.75, 3.05) is 7.11 Å². The van der Waals surface area contributed by atoms with Crippen molar-refractivity contribution in [1.82, 2.24) is 0 Å². The van der Waals surface area contributed by atoms with Gasteiger partial charge in [0.05, 0.1) is 7.11 Å². The first-order valence-electron chi connectivity index (χ1n) is 7.55. The van der Waals surface area contributed by atoms with Gasteiger partial charge in [-0.05, 0) is 30.5 Å². The fourth-order valence-electron chi connectivity index (χ4n) is 3.29. The minimum Gasteiger partial charge on any atom is -0.497 e. The lowest BCUT2D eigenvalue weighted by Gasteiger charge is -2.29. The third kappa shape index (κ3) is 2.62. The third-order valence-electron chi connectivity index (χ3n) is 4.39. The van der Waals surface area contributed by atoms with Crippen LogP contribution in [0.25, 0.3) is 0 Å². The van der Waals surface area contributed by atoms with Crippen molar-refractivity contribution in [2.45, 2.75) is 46.2 Å². The van der Waals surface area contributed by atoms with Crippen molar-refractivity contribution in [2.24, 2.45) is 0 Å². The highest BCUT2D eigenvalue weighted by Crippen LogP contribution is 2.32.